The van der Waals surface area contributed by atoms with Crippen molar-refractivity contribution in [2.75, 3.05) is 0 Å². The van der Waals surface area contributed by atoms with Crippen molar-refractivity contribution < 1.29 is 0 Å². The molecule has 0 N–H and O–H groups in total. The minimum Gasteiger partial charge on any atom is -0.0898 e. The van der Waals surface area contributed by atoms with Gasteiger partial charge in [0.05, 0.1) is 0 Å². The highest BCUT2D eigenvalue weighted by molar-refractivity contribution is 8.03. The van der Waals surface area contributed by atoms with Crippen LogP contribution < -0.4 is 0 Å². The molecule has 20 heavy (non-hydrogen) atoms. The summed E-state index contributed by atoms with van der Waals surface area (Å²) in [7, 11) is 0. The van der Waals surface area contributed by atoms with Gasteiger partial charge in [-0.15, -0.1) is 0 Å². The number of hydrogen-bond donors (Lipinski definition) is 0. The minimum absolute atomic E-state index is 1.28. The monoisotopic (exact) mass is 280 g/mol. The summed E-state index contributed by atoms with van der Waals surface area (Å²) < 4.78 is 0. The molecule has 0 heterocycles. The Morgan fingerprint density at radius 3 is 2.20 bits per heavy atom. The standard InChI is InChI=1S/C19H20S/c1-4-8-19(16(3)17-9-6-5-7-10-17)20-18-13-11-15(2)12-14-18/h4-14H,1-3H3/b8-4-,19-16-. The molecule has 0 aliphatic heterocycles. The van der Waals surface area contributed by atoms with Gasteiger partial charge in [-0.05, 0) is 44.0 Å². The lowest BCUT2D eigenvalue weighted by Gasteiger charge is -2.09. The van der Waals surface area contributed by atoms with Crippen LogP contribution in [0.2, 0.25) is 0 Å². The molecule has 0 aliphatic rings. The third kappa shape index (κ3) is 3.88. The Hall–Kier alpha value is -1.73. The van der Waals surface area contributed by atoms with Crippen molar-refractivity contribution in [1.29, 1.82) is 0 Å². The molecule has 2 rings (SSSR count). The summed E-state index contributed by atoms with van der Waals surface area (Å²) in [5.74, 6) is 0. The Bertz CT molecular complexity index is 604. The molecule has 0 nitrogen and oxygen atoms in total. The van der Waals surface area contributed by atoms with Crippen LogP contribution in [0.1, 0.15) is 25.0 Å². The topological polar surface area (TPSA) is 0 Å². The van der Waals surface area contributed by atoms with Crippen molar-refractivity contribution >= 4 is 17.3 Å². The first-order valence-electron chi connectivity index (χ1n) is 6.84. The SMILES string of the molecule is C/C=C\C(Sc1ccc(C)cc1)=C(/C)c1ccccc1. The van der Waals surface area contributed by atoms with Gasteiger partial charge in [0.2, 0.25) is 0 Å². The lowest BCUT2D eigenvalue weighted by molar-refractivity contribution is 1.38. The summed E-state index contributed by atoms with van der Waals surface area (Å²) in [6, 6.07) is 19.2. The summed E-state index contributed by atoms with van der Waals surface area (Å²) in [4.78, 5) is 2.57. The number of hydrogen-bond acceptors (Lipinski definition) is 1. The highest BCUT2D eigenvalue weighted by atomic mass is 32.2. The van der Waals surface area contributed by atoms with Gasteiger partial charge in [0.25, 0.3) is 0 Å². The van der Waals surface area contributed by atoms with E-state index in [1.165, 1.54) is 26.5 Å². The molecule has 0 radical (unpaired) electrons. The molecule has 0 atom stereocenters. The van der Waals surface area contributed by atoms with Gasteiger partial charge in [-0.1, -0.05) is 71.9 Å². The summed E-state index contributed by atoms with van der Waals surface area (Å²) in [6.45, 7) is 6.37. The molecule has 0 spiro atoms. The van der Waals surface area contributed by atoms with Gasteiger partial charge in [-0.3, -0.25) is 0 Å². The molecule has 0 fully saturated rings. The van der Waals surface area contributed by atoms with Gasteiger partial charge in [0, 0.05) is 9.80 Å². The smallest absolute Gasteiger partial charge is 0.0154 e. The van der Waals surface area contributed by atoms with E-state index in [0.29, 0.717) is 0 Å². The van der Waals surface area contributed by atoms with Crippen LogP contribution in [-0.4, -0.2) is 0 Å². The largest absolute Gasteiger partial charge is 0.0898 e. The molecule has 0 saturated carbocycles. The molecule has 0 aliphatic carbocycles. The lowest BCUT2D eigenvalue weighted by Crippen LogP contribution is -1.84. The van der Waals surface area contributed by atoms with Crippen LogP contribution in [-0.2, 0) is 0 Å². The molecule has 0 aromatic heterocycles. The first-order valence-corrected chi connectivity index (χ1v) is 7.66. The van der Waals surface area contributed by atoms with Crippen LogP contribution in [0, 0.1) is 6.92 Å². The predicted octanol–water partition coefficient (Wildman–Crippen LogP) is 6.09. The maximum Gasteiger partial charge on any atom is 0.0154 e. The normalized spacial score (nSPS) is 12.6. The van der Waals surface area contributed by atoms with E-state index in [9.17, 15) is 0 Å². The van der Waals surface area contributed by atoms with Crippen molar-refractivity contribution in [3.63, 3.8) is 0 Å². The average Bonchev–Trinajstić information content (AvgIpc) is 2.49. The maximum atomic E-state index is 2.19. The Kier molecular flexibility index (Phi) is 5.25. The van der Waals surface area contributed by atoms with E-state index in [0.717, 1.165) is 0 Å². The average molecular weight is 280 g/mol. The van der Waals surface area contributed by atoms with Crippen LogP contribution in [0.3, 0.4) is 0 Å². The van der Waals surface area contributed by atoms with Crippen molar-refractivity contribution in [2.24, 2.45) is 0 Å². The van der Waals surface area contributed by atoms with E-state index in [1.54, 1.807) is 0 Å². The van der Waals surface area contributed by atoms with Crippen molar-refractivity contribution in [1.82, 2.24) is 0 Å². The van der Waals surface area contributed by atoms with E-state index in [-0.39, 0.29) is 0 Å². The van der Waals surface area contributed by atoms with Crippen molar-refractivity contribution in [2.45, 2.75) is 25.7 Å². The molecule has 0 saturated heterocycles. The molecule has 0 amide bonds. The summed E-state index contributed by atoms with van der Waals surface area (Å²) in [6.07, 6.45) is 4.29. The minimum atomic E-state index is 1.28. The number of aryl methyl sites for hydroxylation is 1. The molecular weight excluding hydrogens is 260 g/mol. The fourth-order valence-corrected chi connectivity index (χ4v) is 2.95. The zero-order chi connectivity index (χ0) is 14.4. The first-order chi connectivity index (χ1) is 9.70. The van der Waals surface area contributed by atoms with Gasteiger partial charge < -0.3 is 0 Å². The highest BCUT2D eigenvalue weighted by Crippen LogP contribution is 2.33. The Balaban J connectivity index is 2.33. The van der Waals surface area contributed by atoms with E-state index >= 15 is 0 Å². The fraction of sp³-hybridized carbons (Fsp3) is 0.158. The van der Waals surface area contributed by atoms with Crippen LogP contribution in [0.4, 0.5) is 0 Å². The Morgan fingerprint density at radius 2 is 1.60 bits per heavy atom. The molecule has 1 heteroatoms. The summed E-state index contributed by atoms with van der Waals surface area (Å²) >= 11 is 1.82. The van der Waals surface area contributed by atoms with Gasteiger partial charge in [-0.25, -0.2) is 0 Å². The van der Waals surface area contributed by atoms with E-state index < -0.39 is 0 Å². The lowest BCUT2D eigenvalue weighted by atomic mass is 10.1. The third-order valence-electron chi connectivity index (χ3n) is 3.14. The number of allylic oxidation sites excluding steroid dienone is 3. The molecule has 0 unspecified atom stereocenters. The first kappa shape index (κ1) is 14.7. The van der Waals surface area contributed by atoms with Crippen LogP contribution in [0.25, 0.3) is 5.57 Å². The molecule has 102 valence electrons. The van der Waals surface area contributed by atoms with E-state index in [2.05, 4.69) is 87.5 Å². The molecule has 0 bridgehead atoms. The molecular formula is C19H20S. The van der Waals surface area contributed by atoms with E-state index in [4.69, 9.17) is 0 Å². The number of benzene rings is 2. The zero-order valence-corrected chi connectivity index (χ0v) is 13.1. The van der Waals surface area contributed by atoms with Crippen molar-refractivity contribution in [3.8, 4) is 0 Å². The fourth-order valence-electron chi connectivity index (χ4n) is 1.95. The van der Waals surface area contributed by atoms with E-state index in [1.807, 2.05) is 11.8 Å². The van der Waals surface area contributed by atoms with Crippen LogP contribution in [0.15, 0.2) is 76.5 Å². The number of thioether (sulfide) groups is 1. The van der Waals surface area contributed by atoms with Crippen molar-refractivity contribution in [3.05, 3.63) is 82.8 Å². The van der Waals surface area contributed by atoms with Crippen LogP contribution in [0.5, 0.6) is 0 Å². The van der Waals surface area contributed by atoms with Crippen LogP contribution >= 0.6 is 11.8 Å². The van der Waals surface area contributed by atoms with Gasteiger partial charge in [-0.2, -0.15) is 0 Å². The quantitative estimate of drug-likeness (QED) is 0.482. The molecule has 2 aromatic carbocycles. The second kappa shape index (κ2) is 7.16. The summed E-state index contributed by atoms with van der Waals surface area (Å²) in [5, 5.41) is 0. The van der Waals surface area contributed by atoms with Gasteiger partial charge >= 0.3 is 0 Å². The highest BCUT2D eigenvalue weighted by Gasteiger charge is 2.04. The summed E-state index contributed by atoms with van der Waals surface area (Å²) in [5.41, 5.74) is 3.89. The van der Waals surface area contributed by atoms with Gasteiger partial charge in [0.1, 0.15) is 0 Å². The predicted molar refractivity (Wildman–Crippen MR) is 90.9 cm³/mol. The third-order valence-corrected chi connectivity index (χ3v) is 4.31. The zero-order valence-electron chi connectivity index (χ0n) is 12.3. The molecule has 2 aromatic rings. The maximum absolute atomic E-state index is 2.19. The van der Waals surface area contributed by atoms with Gasteiger partial charge in [0.15, 0.2) is 0 Å². The Morgan fingerprint density at radius 1 is 0.950 bits per heavy atom. The number of rotatable bonds is 4. The second-order valence-electron chi connectivity index (χ2n) is 4.77. The Labute approximate surface area is 126 Å². The second-order valence-corrected chi connectivity index (χ2v) is 5.89.